The van der Waals surface area contributed by atoms with Gasteiger partial charge >= 0.3 is 0 Å². The number of fused-ring (bicyclic) bond motifs is 1. The van der Waals surface area contributed by atoms with Gasteiger partial charge in [0.05, 0.1) is 12.8 Å². The fourth-order valence-corrected chi connectivity index (χ4v) is 4.15. The minimum atomic E-state index is -0.00849. The van der Waals surface area contributed by atoms with Crippen molar-refractivity contribution in [3.63, 3.8) is 0 Å². The van der Waals surface area contributed by atoms with Crippen LogP contribution in [-0.4, -0.2) is 21.9 Å². The van der Waals surface area contributed by atoms with Crippen LogP contribution in [0.15, 0.2) is 53.1 Å². The molecule has 4 heteroatoms. The summed E-state index contributed by atoms with van der Waals surface area (Å²) in [6.45, 7) is 1.42. The Bertz CT molecular complexity index is 873. The van der Waals surface area contributed by atoms with Gasteiger partial charge < -0.3 is 13.9 Å². The first kappa shape index (κ1) is 17.0. The van der Waals surface area contributed by atoms with Gasteiger partial charge in [0.25, 0.3) is 5.91 Å². The molecular weight excluding hydrogens is 324 g/mol. The summed E-state index contributed by atoms with van der Waals surface area (Å²) in [5, 5.41) is 1.22. The Balaban J connectivity index is 1.60. The summed E-state index contributed by atoms with van der Waals surface area (Å²) in [6.07, 6.45) is 7.89. The number of hydrogen-bond donors (Lipinski definition) is 0. The molecule has 0 saturated heterocycles. The Morgan fingerprint density at radius 2 is 1.96 bits per heavy atom. The second-order valence-electron chi connectivity index (χ2n) is 7.42. The van der Waals surface area contributed by atoms with E-state index in [0.717, 1.165) is 12.2 Å². The van der Waals surface area contributed by atoms with E-state index in [-0.39, 0.29) is 5.91 Å². The zero-order valence-electron chi connectivity index (χ0n) is 15.4. The maximum absolute atomic E-state index is 13.0. The lowest BCUT2D eigenvalue weighted by atomic mass is 9.89. The molecule has 0 bridgehead atoms. The van der Waals surface area contributed by atoms with E-state index in [9.17, 15) is 4.79 Å². The zero-order chi connectivity index (χ0) is 17.9. The first-order chi connectivity index (χ1) is 12.7. The van der Waals surface area contributed by atoms with E-state index in [4.69, 9.17) is 4.42 Å². The van der Waals surface area contributed by atoms with E-state index in [1.807, 2.05) is 4.90 Å². The molecule has 3 aromatic rings. The minimum Gasteiger partial charge on any atom is -0.459 e. The average Bonchev–Trinajstić information content (AvgIpc) is 3.31. The third-order valence-corrected chi connectivity index (χ3v) is 5.63. The number of furan rings is 1. The number of aromatic nitrogens is 1. The van der Waals surface area contributed by atoms with Crippen LogP contribution in [0.2, 0.25) is 0 Å². The standard InChI is InChI=1S/C22H26N2O2/c1-23-19(14-18-10-5-6-11-20(18)23)16-24(15-17-8-3-2-4-9-17)22(25)21-12-7-13-26-21/h5-7,10-14,17H,2-4,8-9,15-16H2,1H3. The molecule has 136 valence electrons. The van der Waals surface area contributed by atoms with Crippen molar-refractivity contribution < 1.29 is 9.21 Å². The summed E-state index contributed by atoms with van der Waals surface area (Å²) < 4.78 is 7.59. The number of benzene rings is 1. The van der Waals surface area contributed by atoms with E-state index >= 15 is 0 Å². The minimum absolute atomic E-state index is 0.00849. The van der Waals surface area contributed by atoms with E-state index in [1.165, 1.54) is 43.0 Å². The van der Waals surface area contributed by atoms with Crippen LogP contribution in [0.3, 0.4) is 0 Å². The Hall–Kier alpha value is -2.49. The third kappa shape index (κ3) is 3.41. The van der Waals surface area contributed by atoms with E-state index in [0.29, 0.717) is 18.2 Å². The van der Waals surface area contributed by atoms with Crippen LogP contribution in [0.25, 0.3) is 10.9 Å². The first-order valence-corrected chi connectivity index (χ1v) is 9.58. The second kappa shape index (κ2) is 7.40. The van der Waals surface area contributed by atoms with Gasteiger partial charge in [-0.05, 0) is 48.4 Å². The van der Waals surface area contributed by atoms with Gasteiger partial charge in [-0.1, -0.05) is 37.5 Å². The van der Waals surface area contributed by atoms with Gasteiger partial charge in [-0.2, -0.15) is 0 Å². The number of carbonyl (C=O) groups excluding carboxylic acids is 1. The lowest BCUT2D eigenvalue weighted by Crippen LogP contribution is -2.36. The van der Waals surface area contributed by atoms with Crippen LogP contribution in [0, 0.1) is 5.92 Å². The number of carbonyl (C=O) groups is 1. The number of nitrogens with zero attached hydrogens (tertiary/aromatic N) is 2. The highest BCUT2D eigenvalue weighted by Crippen LogP contribution is 2.27. The van der Waals surface area contributed by atoms with Crippen molar-refractivity contribution in [1.82, 2.24) is 9.47 Å². The SMILES string of the molecule is Cn1c(CN(CC2CCCCC2)C(=O)c2ccco2)cc2ccccc21. The van der Waals surface area contributed by atoms with Crippen molar-refractivity contribution in [2.45, 2.75) is 38.6 Å². The molecule has 1 saturated carbocycles. The molecule has 1 amide bonds. The van der Waals surface area contributed by atoms with Crippen LogP contribution >= 0.6 is 0 Å². The molecule has 1 fully saturated rings. The molecule has 0 radical (unpaired) electrons. The molecule has 26 heavy (non-hydrogen) atoms. The van der Waals surface area contributed by atoms with Crippen molar-refractivity contribution in [2.24, 2.45) is 13.0 Å². The van der Waals surface area contributed by atoms with Crippen molar-refractivity contribution in [3.8, 4) is 0 Å². The number of para-hydroxylation sites is 1. The van der Waals surface area contributed by atoms with Crippen molar-refractivity contribution in [2.75, 3.05) is 6.54 Å². The summed E-state index contributed by atoms with van der Waals surface area (Å²) >= 11 is 0. The van der Waals surface area contributed by atoms with Gasteiger partial charge in [0.1, 0.15) is 0 Å². The molecule has 2 heterocycles. The van der Waals surface area contributed by atoms with Crippen LogP contribution in [0.1, 0.15) is 48.4 Å². The van der Waals surface area contributed by atoms with Gasteiger partial charge in [-0.3, -0.25) is 4.79 Å². The largest absolute Gasteiger partial charge is 0.459 e. The predicted octanol–water partition coefficient (Wildman–Crippen LogP) is 4.99. The predicted molar refractivity (Wildman–Crippen MR) is 103 cm³/mol. The van der Waals surface area contributed by atoms with Crippen molar-refractivity contribution >= 4 is 16.8 Å². The van der Waals surface area contributed by atoms with Gasteiger partial charge in [-0.25, -0.2) is 0 Å². The summed E-state index contributed by atoms with van der Waals surface area (Å²) in [4.78, 5) is 15.0. The maximum Gasteiger partial charge on any atom is 0.289 e. The molecule has 0 N–H and O–H groups in total. The normalized spacial score (nSPS) is 15.4. The van der Waals surface area contributed by atoms with E-state index in [1.54, 1.807) is 18.4 Å². The lowest BCUT2D eigenvalue weighted by Gasteiger charge is -2.29. The summed E-state index contributed by atoms with van der Waals surface area (Å²) in [7, 11) is 2.08. The quantitative estimate of drug-likeness (QED) is 0.650. The Morgan fingerprint density at radius 1 is 1.15 bits per heavy atom. The molecule has 4 rings (SSSR count). The Kier molecular flexibility index (Phi) is 4.83. The molecule has 1 aromatic carbocycles. The van der Waals surface area contributed by atoms with Crippen molar-refractivity contribution in [1.29, 1.82) is 0 Å². The fourth-order valence-electron chi connectivity index (χ4n) is 4.15. The molecule has 2 aromatic heterocycles. The topological polar surface area (TPSA) is 38.4 Å². The molecule has 0 spiro atoms. The molecule has 0 atom stereocenters. The Labute approximate surface area is 154 Å². The van der Waals surface area contributed by atoms with Crippen molar-refractivity contribution in [3.05, 3.63) is 60.2 Å². The molecule has 0 unspecified atom stereocenters. The fraction of sp³-hybridized carbons (Fsp3) is 0.409. The molecule has 1 aliphatic rings. The third-order valence-electron chi connectivity index (χ3n) is 5.63. The highest BCUT2D eigenvalue weighted by atomic mass is 16.3. The van der Waals surface area contributed by atoms with Gasteiger partial charge in [0.15, 0.2) is 5.76 Å². The number of aryl methyl sites for hydroxylation is 1. The van der Waals surface area contributed by atoms with Crippen LogP contribution in [0.4, 0.5) is 0 Å². The summed E-state index contributed by atoms with van der Waals surface area (Å²) in [5.74, 6) is 1.02. The smallest absolute Gasteiger partial charge is 0.289 e. The second-order valence-corrected chi connectivity index (χ2v) is 7.42. The summed E-state index contributed by atoms with van der Waals surface area (Å²) in [5.41, 5.74) is 2.35. The monoisotopic (exact) mass is 350 g/mol. The van der Waals surface area contributed by atoms with Crippen LogP contribution in [0.5, 0.6) is 0 Å². The maximum atomic E-state index is 13.0. The van der Waals surface area contributed by atoms with Gasteiger partial charge in [0, 0.05) is 24.8 Å². The van der Waals surface area contributed by atoms with Crippen LogP contribution < -0.4 is 0 Å². The average molecular weight is 350 g/mol. The summed E-state index contributed by atoms with van der Waals surface area (Å²) in [6, 6.07) is 14.1. The van der Waals surface area contributed by atoms with E-state index < -0.39 is 0 Å². The Morgan fingerprint density at radius 3 is 2.69 bits per heavy atom. The van der Waals surface area contributed by atoms with Gasteiger partial charge in [0.2, 0.25) is 0 Å². The zero-order valence-corrected chi connectivity index (χ0v) is 15.4. The first-order valence-electron chi connectivity index (χ1n) is 9.58. The number of rotatable bonds is 5. The number of hydrogen-bond acceptors (Lipinski definition) is 2. The van der Waals surface area contributed by atoms with Crippen LogP contribution in [-0.2, 0) is 13.6 Å². The van der Waals surface area contributed by atoms with E-state index in [2.05, 4.69) is 41.9 Å². The van der Waals surface area contributed by atoms with Gasteiger partial charge in [-0.15, -0.1) is 0 Å². The highest BCUT2D eigenvalue weighted by Gasteiger charge is 2.24. The molecular formula is C22H26N2O2. The number of amides is 1. The molecule has 1 aliphatic carbocycles. The molecule has 0 aliphatic heterocycles. The molecule has 4 nitrogen and oxygen atoms in total. The lowest BCUT2D eigenvalue weighted by molar-refractivity contribution is 0.0663. The highest BCUT2D eigenvalue weighted by molar-refractivity contribution is 5.91.